The van der Waals surface area contributed by atoms with Crippen LogP contribution in [0.15, 0.2) is 65.3 Å². The molecule has 4 heteroatoms. The first-order chi connectivity index (χ1) is 11.8. The molecule has 0 radical (unpaired) electrons. The highest BCUT2D eigenvalue weighted by atomic mass is 16.5. The van der Waals surface area contributed by atoms with E-state index in [0.717, 1.165) is 36.3 Å². The highest BCUT2D eigenvalue weighted by molar-refractivity contribution is 6.19. The fourth-order valence-corrected chi connectivity index (χ4v) is 2.35. The summed E-state index contributed by atoms with van der Waals surface area (Å²) >= 11 is 0. The third-order valence-electron chi connectivity index (χ3n) is 3.69. The fourth-order valence-electron chi connectivity index (χ4n) is 2.35. The van der Waals surface area contributed by atoms with Gasteiger partial charge in [0.25, 0.3) is 5.91 Å². The molecule has 0 atom stereocenters. The van der Waals surface area contributed by atoms with Crippen LogP contribution in [-0.2, 0) is 4.79 Å². The third kappa shape index (κ3) is 3.90. The number of nitrogens with zero attached hydrogens (tertiary/aromatic N) is 1. The van der Waals surface area contributed by atoms with E-state index in [4.69, 9.17) is 4.74 Å². The van der Waals surface area contributed by atoms with Gasteiger partial charge in [0, 0.05) is 5.56 Å². The van der Waals surface area contributed by atoms with Crippen LogP contribution in [0.4, 0.5) is 0 Å². The van der Waals surface area contributed by atoms with Gasteiger partial charge < -0.3 is 10.1 Å². The number of amides is 1. The SMILES string of the molecule is CCCCOc1ccc(C=C2N=C(c3ccccc3)NC2=O)cc1. The second kappa shape index (κ2) is 7.59. The van der Waals surface area contributed by atoms with Gasteiger partial charge in [0.2, 0.25) is 0 Å². The topological polar surface area (TPSA) is 50.7 Å². The van der Waals surface area contributed by atoms with Gasteiger partial charge >= 0.3 is 0 Å². The van der Waals surface area contributed by atoms with Crippen molar-refractivity contribution in [1.82, 2.24) is 5.32 Å². The van der Waals surface area contributed by atoms with Gasteiger partial charge in [-0.05, 0) is 30.2 Å². The number of nitrogens with one attached hydrogen (secondary N) is 1. The average molecular weight is 320 g/mol. The van der Waals surface area contributed by atoms with Gasteiger partial charge in [0.1, 0.15) is 17.3 Å². The molecule has 2 aromatic rings. The number of unbranched alkanes of at least 4 members (excludes halogenated alkanes) is 1. The van der Waals surface area contributed by atoms with Crippen LogP contribution < -0.4 is 10.1 Å². The lowest BCUT2D eigenvalue weighted by molar-refractivity contribution is -0.115. The van der Waals surface area contributed by atoms with Gasteiger partial charge in [-0.15, -0.1) is 0 Å². The van der Waals surface area contributed by atoms with E-state index >= 15 is 0 Å². The Bertz CT molecular complexity index is 762. The number of rotatable bonds is 6. The molecular weight excluding hydrogens is 300 g/mol. The van der Waals surface area contributed by atoms with Crippen LogP contribution in [0.5, 0.6) is 5.75 Å². The van der Waals surface area contributed by atoms with E-state index in [1.807, 2.05) is 54.6 Å². The van der Waals surface area contributed by atoms with Gasteiger partial charge in [-0.1, -0.05) is 55.8 Å². The molecule has 1 aliphatic heterocycles. The second-order valence-electron chi connectivity index (χ2n) is 5.58. The molecule has 0 saturated heterocycles. The largest absolute Gasteiger partial charge is 0.494 e. The Morgan fingerprint density at radius 1 is 1.08 bits per heavy atom. The first-order valence-corrected chi connectivity index (χ1v) is 8.16. The number of hydrogen-bond donors (Lipinski definition) is 1. The van der Waals surface area contributed by atoms with Gasteiger partial charge in [0.15, 0.2) is 0 Å². The Morgan fingerprint density at radius 2 is 1.83 bits per heavy atom. The van der Waals surface area contributed by atoms with Crippen LogP contribution in [0.3, 0.4) is 0 Å². The van der Waals surface area contributed by atoms with Crippen molar-refractivity contribution in [1.29, 1.82) is 0 Å². The molecule has 24 heavy (non-hydrogen) atoms. The number of aliphatic imine (C=N–C) groups is 1. The summed E-state index contributed by atoms with van der Waals surface area (Å²) in [6.45, 7) is 2.86. The summed E-state index contributed by atoms with van der Waals surface area (Å²) in [5.74, 6) is 1.25. The molecule has 1 N–H and O–H groups in total. The van der Waals surface area contributed by atoms with E-state index < -0.39 is 0 Å². The second-order valence-corrected chi connectivity index (χ2v) is 5.58. The molecule has 1 heterocycles. The summed E-state index contributed by atoms with van der Waals surface area (Å²) in [4.78, 5) is 16.5. The number of ether oxygens (including phenoxy) is 1. The zero-order chi connectivity index (χ0) is 16.8. The number of benzene rings is 2. The lowest BCUT2D eigenvalue weighted by Gasteiger charge is -2.05. The van der Waals surface area contributed by atoms with Crippen molar-refractivity contribution in [2.24, 2.45) is 4.99 Å². The van der Waals surface area contributed by atoms with E-state index in [1.54, 1.807) is 6.08 Å². The van der Waals surface area contributed by atoms with E-state index in [2.05, 4.69) is 17.2 Å². The van der Waals surface area contributed by atoms with Gasteiger partial charge in [0.05, 0.1) is 6.61 Å². The lowest BCUT2D eigenvalue weighted by Crippen LogP contribution is -2.24. The van der Waals surface area contributed by atoms with Crippen molar-refractivity contribution in [3.63, 3.8) is 0 Å². The highest BCUT2D eigenvalue weighted by Gasteiger charge is 2.20. The quantitative estimate of drug-likeness (QED) is 0.650. The summed E-state index contributed by atoms with van der Waals surface area (Å²) < 4.78 is 5.64. The van der Waals surface area contributed by atoms with Gasteiger partial charge in [-0.3, -0.25) is 4.79 Å². The molecule has 4 nitrogen and oxygen atoms in total. The van der Waals surface area contributed by atoms with Crippen molar-refractivity contribution in [3.8, 4) is 5.75 Å². The van der Waals surface area contributed by atoms with Crippen LogP contribution in [0.25, 0.3) is 6.08 Å². The Hall–Kier alpha value is -2.88. The summed E-state index contributed by atoms with van der Waals surface area (Å²) in [6.07, 6.45) is 3.94. The molecule has 0 aromatic heterocycles. The van der Waals surface area contributed by atoms with Crippen LogP contribution in [0.2, 0.25) is 0 Å². The molecule has 122 valence electrons. The third-order valence-corrected chi connectivity index (χ3v) is 3.69. The van der Waals surface area contributed by atoms with E-state index in [9.17, 15) is 4.79 Å². The summed E-state index contributed by atoms with van der Waals surface area (Å²) in [5, 5.41) is 2.80. The molecule has 3 rings (SSSR count). The number of carbonyl (C=O) groups excluding carboxylic acids is 1. The zero-order valence-corrected chi connectivity index (χ0v) is 13.7. The standard InChI is InChI=1S/C20H20N2O2/c1-2-3-13-24-17-11-9-15(10-12-17)14-18-20(23)22-19(21-18)16-7-5-4-6-8-16/h4-12,14H,2-3,13H2,1H3,(H,21,22,23). The Labute approximate surface area is 141 Å². The van der Waals surface area contributed by atoms with Crippen LogP contribution in [0, 0.1) is 0 Å². The summed E-state index contributed by atoms with van der Waals surface area (Å²) in [5.41, 5.74) is 2.23. The normalized spacial score (nSPS) is 15.3. The van der Waals surface area contributed by atoms with Crippen molar-refractivity contribution < 1.29 is 9.53 Å². The molecule has 0 unspecified atom stereocenters. The summed E-state index contributed by atoms with van der Waals surface area (Å²) in [7, 11) is 0. The Balaban J connectivity index is 1.73. The molecular formula is C20H20N2O2. The predicted molar refractivity (Wildman–Crippen MR) is 95.9 cm³/mol. The van der Waals surface area contributed by atoms with Crippen LogP contribution in [-0.4, -0.2) is 18.3 Å². The first kappa shape index (κ1) is 16.0. The first-order valence-electron chi connectivity index (χ1n) is 8.16. The fraction of sp³-hybridized carbons (Fsp3) is 0.200. The smallest absolute Gasteiger partial charge is 0.275 e. The van der Waals surface area contributed by atoms with Crippen LogP contribution >= 0.6 is 0 Å². The van der Waals surface area contributed by atoms with E-state index in [0.29, 0.717) is 11.5 Å². The summed E-state index contributed by atoms with van der Waals surface area (Å²) in [6, 6.07) is 17.3. The lowest BCUT2D eigenvalue weighted by atomic mass is 10.2. The molecule has 0 saturated carbocycles. The molecule has 1 amide bonds. The van der Waals surface area contributed by atoms with Crippen molar-refractivity contribution >= 4 is 17.8 Å². The number of hydrogen-bond acceptors (Lipinski definition) is 3. The maximum atomic E-state index is 12.1. The van der Waals surface area contributed by atoms with E-state index in [-0.39, 0.29) is 5.91 Å². The minimum absolute atomic E-state index is 0.183. The highest BCUT2D eigenvalue weighted by Crippen LogP contribution is 2.18. The monoisotopic (exact) mass is 320 g/mol. The Kier molecular flexibility index (Phi) is 5.06. The van der Waals surface area contributed by atoms with Crippen LogP contribution in [0.1, 0.15) is 30.9 Å². The van der Waals surface area contributed by atoms with Crippen molar-refractivity contribution in [2.45, 2.75) is 19.8 Å². The number of amidine groups is 1. The van der Waals surface area contributed by atoms with E-state index in [1.165, 1.54) is 0 Å². The zero-order valence-electron chi connectivity index (χ0n) is 13.7. The van der Waals surface area contributed by atoms with Gasteiger partial charge in [-0.2, -0.15) is 0 Å². The molecule has 0 aliphatic carbocycles. The minimum Gasteiger partial charge on any atom is -0.494 e. The van der Waals surface area contributed by atoms with Crippen molar-refractivity contribution in [2.75, 3.05) is 6.61 Å². The Morgan fingerprint density at radius 3 is 2.54 bits per heavy atom. The maximum Gasteiger partial charge on any atom is 0.275 e. The molecule has 0 fully saturated rings. The van der Waals surface area contributed by atoms with Gasteiger partial charge in [-0.25, -0.2) is 4.99 Å². The number of carbonyl (C=O) groups is 1. The predicted octanol–water partition coefficient (Wildman–Crippen LogP) is 3.78. The molecule has 0 spiro atoms. The minimum atomic E-state index is -0.183. The molecule has 2 aromatic carbocycles. The van der Waals surface area contributed by atoms with Crippen molar-refractivity contribution in [3.05, 3.63) is 71.4 Å². The molecule has 1 aliphatic rings. The maximum absolute atomic E-state index is 12.1. The average Bonchev–Trinajstić information content (AvgIpc) is 2.98. The molecule has 0 bridgehead atoms.